The Bertz CT molecular complexity index is 634. The van der Waals surface area contributed by atoms with Crippen molar-refractivity contribution in [1.29, 1.82) is 0 Å². The topological polar surface area (TPSA) is 43.6 Å². The van der Waals surface area contributed by atoms with Gasteiger partial charge in [-0.15, -0.1) is 0 Å². The first-order valence-corrected chi connectivity index (χ1v) is 17.3. The average Bonchev–Trinajstić information content (AvgIpc) is 2.96. The quantitative estimate of drug-likeness (QED) is 0.369. The number of aromatic nitrogens is 4. The van der Waals surface area contributed by atoms with E-state index < -0.39 is 18.4 Å². The van der Waals surface area contributed by atoms with Crippen molar-refractivity contribution in [3.8, 4) is 0 Å². The molecule has 0 saturated heterocycles. The third kappa shape index (κ3) is 4.43. The number of unbranched alkanes of at least 4 members (excludes halogenated alkanes) is 3. The van der Waals surface area contributed by atoms with Crippen LogP contribution in [0.3, 0.4) is 0 Å². The summed E-state index contributed by atoms with van der Waals surface area (Å²) < 4.78 is 7.17. The van der Waals surface area contributed by atoms with E-state index in [-0.39, 0.29) is 0 Å². The normalized spacial score (nSPS) is 12.2. The Kier molecular flexibility index (Phi) is 7.79. The van der Waals surface area contributed by atoms with Gasteiger partial charge < -0.3 is 0 Å². The van der Waals surface area contributed by atoms with E-state index in [1.165, 1.54) is 51.8 Å². The van der Waals surface area contributed by atoms with E-state index in [0.29, 0.717) is 5.15 Å². The molecule has 0 aromatic carbocycles. The van der Waals surface area contributed by atoms with Gasteiger partial charge in [0.1, 0.15) is 0 Å². The Morgan fingerprint density at radius 3 is 2.00 bits per heavy atom. The van der Waals surface area contributed by atoms with Crippen molar-refractivity contribution in [2.45, 2.75) is 72.6 Å². The maximum absolute atomic E-state index is 6.49. The molecule has 0 N–H and O–H groups in total. The molecule has 0 aliphatic carbocycles. The number of imidazole rings is 1. The van der Waals surface area contributed by atoms with Gasteiger partial charge in [-0.3, -0.25) is 0 Å². The molecule has 0 spiro atoms. The average molecular weight is 458 g/mol. The van der Waals surface area contributed by atoms with E-state index in [9.17, 15) is 0 Å². The summed E-state index contributed by atoms with van der Waals surface area (Å²) in [7, 11) is 1.99. The summed E-state index contributed by atoms with van der Waals surface area (Å²) in [5, 5.41) is 0.543. The monoisotopic (exact) mass is 458 g/mol. The molecule has 0 bridgehead atoms. The van der Waals surface area contributed by atoms with E-state index in [1.54, 1.807) is 6.33 Å². The summed E-state index contributed by atoms with van der Waals surface area (Å²) in [6, 6.07) is 0. The van der Waals surface area contributed by atoms with E-state index in [2.05, 4.69) is 25.8 Å². The molecule has 2 rings (SSSR count). The molecule has 0 radical (unpaired) electrons. The van der Waals surface area contributed by atoms with E-state index in [1.807, 2.05) is 11.6 Å². The molecule has 0 unspecified atom stereocenters. The Labute approximate surface area is 155 Å². The summed E-state index contributed by atoms with van der Waals surface area (Å²) >= 11 is 3.86. The van der Waals surface area contributed by atoms with Gasteiger partial charge in [-0.05, 0) is 0 Å². The van der Waals surface area contributed by atoms with E-state index in [0.717, 1.165) is 15.0 Å². The van der Waals surface area contributed by atoms with Crippen LogP contribution in [-0.4, -0.2) is 37.9 Å². The first-order valence-electron chi connectivity index (χ1n) is 9.43. The van der Waals surface area contributed by atoms with Gasteiger partial charge in [-0.2, -0.15) is 0 Å². The Hall–Kier alpha value is -0.361. The van der Waals surface area contributed by atoms with E-state index in [4.69, 9.17) is 21.6 Å². The molecule has 6 heteroatoms. The molecule has 2 aromatic rings. The van der Waals surface area contributed by atoms with Gasteiger partial charge >= 0.3 is 156 Å². The number of nitrogens with zero attached hydrogens (tertiary/aromatic N) is 4. The number of rotatable bonds is 10. The molecule has 0 fully saturated rings. The molecule has 2 aromatic heterocycles. The van der Waals surface area contributed by atoms with Gasteiger partial charge in [-0.25, -0.2) is 0 Å². The summed E-state index contributed by atoms with van der Waals surface area (Å²) in [6.45, 7) is 6.86. The van der Waals surface area contributed by atoms with Crippen LogP contribution in [0.15, 0.2) is 6.33 Å². The van der Waals surface area contributed by atoms with Gasteiger partial charge in [0.05, 0.1) is 0 Å². The molecular formula is C18H31ClN4Sn. The summed E-state index contributed by atoms with van der Waals surface area (Å²) in [5.74, 6) is 0. The van der Waals surface area contributed by atoms with Crippen LogP contribution >= 0.6 is 11.6 Å². The number of aryl methyl sites for hydroxylation is 1. The number of hydrogen-bond donors (Lipinski definition) is 0. The molecule has 0 saturated carbocycles. The van der Waals surface area contributed by atoms with Crippen molar-refractivity contribution >= 4 is 45.0 Å². The van der Waals surface area contributed by atoms with E-state index >= 15 is 0 Å². The predicted molar refractivity (Wildman–Crippen MR) is 106 cm³/mol. The van der Waals surface area contributed by atoms with Crippen LogP contribution in [0.2, 0.25) is 18.5 Å². The Morgan fingerprint density at radius 1 is 0.958 bits per heavy atom. The molecule has 24 heavy (non-hydrogen) atoms. The SMILES string of the molecule is CCC[CH2][Sn]([CH2]CCC)([CH2]CCC)[c]1nc(Cl)c2ncn(C)c2n1. The summed E-state index contributed by atoms with van der Waals surface area (Å²) in [4.78, 5) is 14.2. The first kappa shape index (κ1) is 20.0. The van der Waals surface area contributed by atoms with Crippen molar-refractivity contribution in [2.24, 2.45) is 7.05 Å². The van der Waals surface area contributed by atoms with Gasteiger partial charge in [0.2, 0.25) is 0 Å². The molecule has 0 aliphatic rings. The predicted octanol–water partition coefficient (Wildman–Crippen LogP) is 5.07. The van der Waals surface area contributed by atoms with Crippen molar-refractivity contribution < 1.29 is 0 Å². The van der Waals surface area contributed by atoms with Crippen LogP contribution in [0, 0.1) is 0 Å². The second-order valence-electron chi connectivity index (χ2n) is 6.96. The third-order valence-electron chi connectivity index (χ3n) is 5.02. The Morgan fingerprint density at radius 2 is 1.50 bits per heavy atom. The molecule has 2 heterocycles. The summed E-state index contributed by atoms with van der Waals surface area (Å²) in [5.41, 5.74) is 1.64. The minimum atomic E-state index is -2.64. The first-order chi connectivity index (χ1) is 11.6. The van der Waals surface area contributed by atoms with Crippen LogP contribution in [-0.2, 0) is 7.05 Å². The fraction of sp³-hybridized carbons (Fsp3) is 0.722. The van der Waals surface area contributed by atoms with Gasteiger partial charge in [-0.1, -0.05) is 0 Å². The second kappa shape index (κ2) is 9.37. The number of fused-ring (bicyclic) bond motifs is 1. The standard InChI is InChI=1S/C6H4ClN4.3C4H9.Sn/c1-11-3-10-4-5(7)8-2-9-6(4)11;3*1-3-4-2;/h3H,1H3;3*1,3-4H2,2H3;. The molecule has 134 valence electrons. The number of hydrogen-bond acceptors (Lipinski definition) is 3. The van der Waals surface area contributed by atoms with Crippen LogP contribution < -0.4 is 3.84 Å². The fourth-order valence-corrected chi connectivity index (χ4v) is 18.7. The van der Waals surface area contributed by atoms with Gasteiger partial charge in [0.25, 0.3) is 0 Å². The number of halogens is 1. The van der Waals surface area contributed by atoms with Crippen molar-refractivity contribution in [3.05, 3.63) is 11.5 Å². The van der Waals surface area contributed by atoms with Crippen molar-refractivity contribution in [1.82, 2.24) is 19.5 Å². The van der Waals surface area contributed by atoms with Crippen LogP contribution in [0.25, 0.3) is 11.2 Å². The summed E-state index contributed by atoms with van der Waals surface area (Å²) in [6.07, 6.45) is 9.43. The third-order valence-corrected chi connectivity index (χ3v) is 19.8. The molecular weight excluding hydrogens is 426 g/mol. The van der Waals surface area contributed by atoms with Crippen LogP contribution in [0.1, 0.15) is 59.3 Å². The second-order valence-corrected chi connectivity index (χ2v) is 20.2. The van der Waals surface area contributed by atoms with Gasteiger partial charge in [0, 0.05) is 0 Å². The zero-order valence-corrected chi connectivity index (χ0v) is 19.2. The molecule has 0 atom stereocenters. The van der Waals surface area contributed by atoms with Crippen LogP contribution in [0.5, 0.6) is 0 Å². The maximum atomic E-state index is 6.49. The van der Waals surface area contributed by atoms with Crippen molar-refractivity contribution in [3.63, 3.8) is 0 Å². The Balaban J connectivity index is 2.51. The zero-order valence-electron chi connectivity index (χ0n) is 15.6. The van der Waals surface area contributed by atoms with Crippen LogP contribution in [0.4, 0.5) is 0 Å². The van der Waals surface area contributed by atoms with Gasteiger partial charge in [0.15, 0.2) is 0 Å². The zero-order chi connectivity index (χ0) is 17.6. The fourth-order valence-electron chi connectivity index (χ4n) is 3.47. The van der Waals surface area contributed by atoms with Crippen molar-refractivity contribution in [2.75, 3.05) is 0 Å². The molecule has 0 amide bonds. The molecule has 0 aliphatic heterocycles. The minimum absolute atomic E-state index is 0.543. The molecule has 4 nitrogen and oxygen atoms in total.